The van der Waals surface area contributed by atoms with Gasteiger partial charge in [0.2, 0.25) is 0 Å². The van der Waals surface area contributed by atoms with Crippen LogP contribution in [0.4, 0.5) is 0 Å². The third-order valence-electron chi connectivity index (χ3n) is 9.14. The van der Waals surface area contributed by atoms with E-state index in [2.05, 4.69) is 25.3 Å². The van der Waals surface area contributed by atoms with Gasteiger partial charge in [0.05, 0.1) is 24.9 Å². The van der Waals surface area contributed by atoms with Gasteiger partial charge in [0.1, 0.15) is 6.61 Å². The molecule has 5 N–H and O–H groups in total. The summed E-state index contributed by atoms with van der Waals surface area (Å²) in [6.45, 7) is 5.62. The number of rotatable bonds is 37. The van der Waals surface area contributed by atoms with E-state index in [1.54, 1.807) is 42.5 Å². The van der Waals surface area contributed by atoms with Crippen LogP contribution >= 0.6 is 7.82 Å². The Bertz CT molecular complexity index is 1100. The van der Waals surface area contributed by atoms with Crippen molar-refractivity contribution in [3.63, 3.8) is 0 Å². The Labute approximate surface area is 332 Å². The molecule has 0 rings (SSSR count). The zero-order chi connectivity index (χ0) is 41.0. The first-order chi connectivity index (χ1) is 26.3. The number of allylic oxidation sites excluding steroid dienone is 6. The summed E-state index contributed by atoms with van der Waals surface area (Å²) in [6.07, 6.45) is 32.1. The minimum Gasteiger partial charge on any atom is -0.462 e. The normalized spacial score (nSPS) is 14.8. The molecule has 0 aromatic heterocycles. The first kappa shape index (κ1) is 52.9. The van der Waals surface area contributed by atoms with Crippen LogP contribution in [0.3, 0.4) is 0 Å². The number of carbonyl (C=O) groups excluding carboxylic acids is 2. The minimum atomic E-state index is -4.84. The maximum absolute atomic E-state index is 12.4. The number of carbonyl (C=O) groups is 2. The van der Waals surface area contributed by atoms with E-state index in [9.17, 15) is 29.5 Å². The van der Waals surface area contributed by atoms with Crippen molar-refractivity contribution in [1.29, 1.82) is 0 Å². The highest BCUT2D eigenvalue weighted by atomic mass is 31.2. The molecule has 0 aromatic rings. The molecule has 12 heteroatoms. The summed E-state index contributed by atoms with van der Waals surface area (Å²) in [5, 5.41) is 30.3. The van der Waals surface area contributed by atoms with Crippen molar-refractivity contribution in [1.82, 2.24) is 0 Å². The number of hydrogen-bond donors (Lipinski definition) is 5. The molecule has 0 aromatic carbocycles. The van der Waals surface area contributed by atoms with Gasteiger partial charge in [-0.2, -0.15) is 0 Å². The largest absolute Gasteiger partial charge is 0.469 e. The number of unbranched alkanes of at least 4 members (excludes halogenated alkanes) is 15. The highest BCUT2D eigenvalue weighted by Crippen LogP contribution is 2.36. The van der Waals surface area contributed by atoms with E-state index in [1.165, 1.54) is 76.7 Å². The van der Waals surface area contributed by atoms with Gasteiger partial charge in [0, 0.05) is 12.8 Å². The van der Waals surface area contributed by atoms with Gasteiger partial charge in [-0.25, -0.2) is 4.57 Å². The molecule has 320 valence electrons. The Morgan fingerprint density at radius 3 is 1.62 bits per heavy atom. The molecule has 0 fully saturated rings. The first-order valence-electron chi connectivity index (χ1n) is 21.1. The van der Waals surface area contributed by atoms with Gasteiger partial charge in [-0.05, 0) is 31.6 Å². The molecule has 0 unspecified atom stereocenters. The van der Waals surface area contributed by atoms with Gasteiger partial charge in [0.15, 0.2) is 6.10 Å². The molecular weight excluding hydrogens is 723 g/mol. The number of esters is 2. The predicted molar refractivity (Wildman–Crippen MR) is 220 cm³/mol. The van der Waals surface area contributed by atoms with Crippen LogP contribution in [-0.2, 0) is 28.2 Å². The van der Waals surface area contributed by atoms with Gasteiger partial charge in [0.25, 0.3) is 0 Å². The van der Waals surface area contributed by atoms with E-state index < -0.39 is 57.4 Å². The lowest BCUT2D eigenvalue weighted by atomic mass is 10.0. The lowest BCUT2D eigenvalue weighted by molar-refractivity contribution is -0.161. The monoisotopic (exact) mass is 801 g/mol. The van der Waals surface area contributed by atoms with Crippen LogP contribution in [0.2, 0.25) is 0 Å². The van der Waals surface area contributed by atoms with Crippen molar-refractivity contribution in [2.24, 2.45) is 5.92 Å². The van der Waals surface area contributed by atoms with Gasteiger partial charge in [-0.15, -0.1) is 0 Å². The van der Waals surface area contributed by atoms with Crippen LogP contribution in [0.5, 0.6) is 0 Å². The van der Waals surface area contributed by atoms with Gasteiger partial charge >= 0.3 is 19.8 Å². The fourth-order valence-electron chi connectivity index (χ4n) is 5.82. The zero-order valence-corrected chi connectivity index (χ0v) is 35.2. The van der Waals surface area contributed by atoms with E-state index >= 15 is 0 Å². The highest BCUT2D eigenvalue weighted by molar-refractivity contribution is 7.46. The molecule has 0 saturated heterocycles. The second kappa shape index (κ2) is 36.2. The van der Waals surface area contributed by atoms with Crippen molar-refractivity contribution in [2.45, 2.75) is 193 Å². The molecule has 0 aliphatic carbocycles. The molecule has 55 heavy (non-hydrogen) atoms. The van der Waals surface area contributed by atoms with Crippen LogP contribution in [0.1, 0.15) is 168 Å². The van der Waals surface area contributed by atoms with Crippen LogP contribution in [0.15, 0.2) is 48.6 Å². The molecular formula is C43H77O11P. The molecule has 0 aliphatic rings. The Morgan fingerprint density at radius 1 is 0.582 bits per heavy atom. The second-order valence-corrected chi connectivity index (χ2v) is 16.3. The molecule has 0 aliphatic heterocycles. The maximum atomic E-state index is 12.4. The van der Waals surface area contributed by atoms with Crippen LogP contribution < -0.4 is 0 Å². The molecule has 11 nitrogen and oxygen atoms in total. The number of phosphoric acid groups is 1. The van der Waals surface area contributed by atoms with Crippen molar-refractivity contribution < 1.29 is 53.3 Å². The Balaban J connectivity index is 4.23. The molecule has 0 spiro atoms. The maximum Gasteiger partial charge on any atom is 0.469 e. The number of phosphoric ester groups is 1. The lowest BCUT2D eigenvalue weighted by Gasteiger charge is -2.18. The number of ether oxygens (including phenoxy) is 2. The van der Waals surface area contributed by atoms with Crippen LogP contribution in [0, 0.1) is 5.92 Å². The number of aliphatic hydroxyl groups excluding tert-OH is 3. The topological polar surface area (TPSA) is 180 Å². The summed E-state index contributed by atoms with van der Waals surface area (Å²) in [5.41, 5.74) is 0. The van der Waals surface area contributed by atoms with Crippen LogP contribution in [-0.4, -0.2) is 74.7 Å². The summed E-state index contributed by atoms with van der Waals surface area (Å²) >= 11 is 0. The van der Waals surface area contributed by atoms with E-state index in [0.29, 0.717) is 6.42 Å². The molecule has 0 bridgehead atoms. The second-order valence-electron chi connectivity index (χ2n) is 15.0. The Morgan fingerprint density at radius 2 is 1.07 bits per heavy atom. The zero-order valence-electron chi connectivity index (χ0n) is 34.3. The number of aliphatic hydroxyl groups is 3. The molecule has 4 atom stereocenters. The third-order valence-corrected chi connectivity index (χ3v) is 9.63. The smallest absolute Gasteiger partial charge is 0.462 e. The predicted octanol–water partition coefficient (Wildman–Crippen LogP) is 9.51. The SMILES string of the molecule is CCCCC[C@@H](O)/C=C/C=C\C=C\C=C\[C@@H](O)[C@H](O)CCCC(=O)OC[C@H](COP(=O)(O)O)OC(=O)CCCCCCCCCCCCCCCCC(C)C. The fourth-order valence-corrected chi connectivity index (χ4v) is 6.18. The molecule has 0 radical (unpaired) electrons. The molecule has 0 amide bonds. The van der Waals surface area contributed by atoms with Gasteiger partial charge in [-0.1, -0.05) is 179 Å². The van der Waals surface area contributed by atoms with E-state index in [0.717, 1.165) is 50.9 Å². The van der Waals surface area contributed by atoms with Crippen molar-refractivity contribution in [3.05, 3.63) is 48.6 Å². The highest BCUT2D eigenvalue weighted by Gasteiger charge is 2.23. The average Bonchev–Trinajstić information content (AvgIpc) is 3.13. The Hall–Kier alpha value is -2.11. The summed E-state index contributed by atoms with van der Waals surface area (Å²) < 4.78 is 26.2. The van der Waals surface area contributed by atoms with Crippen LogP contribution in [0.25, 0.3) is 0 Å². The summed E-state index contributed by atoms with van der Waals surface area (Å²) in [7, 11) is -4.84. The lowest BCUT2D eigenvalue weighted by Crippen LogP contribution is -2.29. The summed E-state index contributed by atoms with van der Waals surface area (Å²) in [4.78, 5) is 42.9. The first-order valence-corrected chi connectivity index (χ1v) is 22.6. The fraction of sp³-hybridized carbons (Fsp3) is 0.767. The van der Waals surface area contributed by atoms with Gasteiger partial charge in [-0.3, -0.25) is 14.1 Å². The average molecular weight is 801 g/mol. The standard InChI is InChI=1S/C43H77O11P/c1-4-5-22-29-38(44)30-24-19-16-17-20-25-31-40(45)41(46)32-27-34-42(47)52-35-39(36-53-55(49,50)51)54-43(48)33-26-21-15-13-11-9-7-6-8-10-12-14-18-23-28-37(2)3/h16-17,19-20,24-25,30-31,37-41,44-46H,4-15,18,21-23,26-29,32-36H2,1-3H3,(H2,49,50,51)/b19-16-,20-17+,30-24+,31-25+/t38-,39-,40-,41-/m1/s1. The van der Waals surface area contributed by atoms with Crippen molar-refractivity contribution >= 4 is 19.8 Å². The van der Waals surface area contributed by atoms with E-state index in [-0.39, 0.29) is 25.7 Å². The molecule has 0 saturated carbocycles. The number of hydrogen-bond acceptors (Lipinski definition) is 9. The van der Waals surface area contributed by atoms with Crippen molar-refractivity contribution in [2.75, 3.05) is 13.2 Å². The Kier molecular flexibility index (Phi) is 34.9. The molecule has 0 heterocycles. The quantitative estimate of drug-likeness (QED) is 0.0175. The minimum absolute atomic E-state index is 0.0856. The van der Waals surface area contributed by atoms with E-state index in [4.69, 9.17) is 19.3 Å². The van der Waals surface area contributed by atoms with E-state index in [1.807, 2.05) is 0 Å². The summed E-state index contributed by atoms with van der Waals surface area (Å²) in [5.74, 6) is -0.400. The summed E-state index contributed by atoms with van der Waals surface area (Å²) in [6, 6.07) is 0. The third kappa shape index (κ3) is 38.5. The van der Waals surface area contributed by atoms with Crippen molar-refractivity contribution in [3.8, 4) is 0 Å². The van der Waals surface area contributed by atoms with Gasteiger partial charge < -0.3 is 34.6 Å².